The van der Waals surface area contributed by atoms with Gasteiger partial charge in [-0.2, -0.15) is 13.2 Å². The van der Waals surface area contributed by atoms with Crippen LogP contribution in [0, 0.1) is 5.41 Å². The van der Waals surface area contributed by atoms with Crippen molar-refractivity contribution in [1.82, 2.24) is 0 Å². The Morgan fingerprint density at radius 3 is 2.29 bits per heavy atom. The van der Waals surface area contributed by atoms with Gasteiger partial charge in [0.25, 0.3) is 0 Å². The first-order valence-corrected chi connectivity index (χ1v) is 7.31. The van der Waals surface area contributed by atoms with Gasteiger partial charge >= 0.3 is 6.18 Å². The summed E-state index contributed by atoms with van der Waals surface area (Å²) in [6, 6.07) is 3.13. The molecular formula is C15H17BrF3NO. The van der Waals surface area contributed by atoms with Gasteiger partial charge < -0.3 is 5.32 Å². The fourth-order valence-electron chi connectivity index (χ4n) is 1.99. The number of halogens is 4. The quantitative estimate of drug-likeness (QED) is 0.697. The van der Waals surface area contributed by atoms with E-state index in [0.717, 1.165) is 12.1 Å². The van der Waals surface area contributed by atoms with E-state index in [2.05, 4.69) is 27.8 Å². The fraction of sp³-hybridized carbons (Fsp3) is 0.400. The van der Waals surface area contributed by atoms with Gasteiger partial charge in [-0.25, -0.2) is 0 Å². The highest BCUT2D eigenvalue weighted by Gasteiger charge is 2.33. The van der Waals surface area contributed by atoms with E-state index < -0.39 is 17.2 Å². The molecule has 0 saturated heterocycles. The Morgan fingerprint density at radius 2 is 1.90 bits per heavy atom. The summed E-state index contributed by atoms with van der Waals surface area (Å²) in [6.45, 7) is 7.42. The summed E-state index contributed by atoms with van der Waals surface area (Å²) in [7, 11) is 0. The van der Waals surface area contributed by atoms with Gasteiger partial charge in [0, 0.05) is 4.47 Å². The summed E-state index contributed by atoms with van der Waals surface area (Å²) >= 11 is 3.06. The molecule has 1 aromatic rings. The number of alkyl halides is 3. The van der Waals surface area contributed by atoms with Gasteiger partial charge in [0.05, 0.1) is 16.7 Å². The van der Waals surface area contributed by atoms with Crippen molar-refractivity contribution in [1.29, 1.82) is 0 Å². The zero-order valence-electron chi connectivity index (χ0n) is 11.9. The van der Waals surface area contributed by atoms with Crippen LogP contribution in [-0.2, 0) is 11.0 Å². The van der Waals surface area contributed by atoms with Crippen LogP contribution in [0.4, 0.5) is 18.9 Å². The largest absolute Gasteiger partial charge is 0.416 e. The van der Waals surface area contributed by atoms with E-state index in [1.807, 2.05) is 13.8 Å². The molecule has 0 aliphatic rings. The molecule has 0 atom stereocenters. The molecule has 1 N–H and O–H groups in total. The van der Waals surface area contributed by atoms with Gasteiger partial charge in [0.1, 0.15) is 0 Å². The number of amides is 1. The summed E-state index contributed by atoms with van der Waals surface area (Å²) in [6.07, 6.45) is -1.70. The minimum Gasteiger partial charge on any atom is -0.324 e. The lowest BCUT2D eigenvalue weighted by molar-refractivity contribution is -0.137. The second kappa shape index (κ2) is 6.64. The van der Waals surface area contributed by atoms with Crippen molar-refractivity contribution >= 4 is 27.5 Å². The molecule has 0 unspecified atom stereocenters. The van der Waals surface area contributed by atoms with Crippen LogP contribution in [0.25, 0.3) is 0 Å². The number of nitrogens with one attached hydrogen (secondary N) is 1. The minimum atomic E-state index is -4.41. The Labute approximate surface area is 130 Å². The maximum absolute atomic E-state index is 12.6. The summed E-state index contributed by atoms with van der Waals surface area (Å²) in [5, 5.41) is 2.66. The molecule has 116 valence electrons. The molecule has 1 rings (SSSR count). The molecule has 0 aromatic heterocycles. The average Bonchev–Trinajstić information content (AvgIpc) is 2.42. The third kappa shape index (κ3) is 3.87. The molecule has 6 heteroatoms. The minimum absolute atomic E-state index is 0.191. The summed E-state index contributed by atoms with van der Waals surface area (Å²) in [5.41, 5.74) is -1.18. The third-order valence-electron chi connectivity index (χ3n) is 3.65. The summed E-state index contributed by atoms with van der Waals surface area (Å²) in [5.74, 6) is -0.275. The molecule has 0 fully saturated rings. The molecule has 1 aromatic carbocycles. The van der Waals surface area contributed by atoms with Crippen molar-refractivity contribution in [3.05, 3.63) is 40.9 Å². The number of benzene rings is 1. The zero-order valence-corrected chi connectivity index (χ0v) is 13.4. The molecule has 0 bridgehead atoms. The Bertz CT molecular complexity index is 536. The van der Waals surface area contributed by atoms with Crippen LogP contribution in [-0.4, -0.2) is 5.91 Å². The standard InChI is InChI=1S/C15H17BrF3NO/c1-4-14(5-2,6-3)13(21)20-12-8-7-10(9-11(12)16)15(17,18)19/h4,7-9H,1,5-6H2,2-3H3,(H,20,21). The highest BCUT2D eigenvalue weighted by atomic mass is 79.9. The number of anilines is 1. The Hall–Kier alpha value is -1.30. The lowest BCUT2D eigenvalue weighted by Crippen LogP contribution is -2.33. The van der Waals surface area contributed by atoms with E-state index in [1.54, 1.807) is 6.08 Å². The van der Waals surface area contributed by atoms with Gasteiger partial charge in [-0.1, -0.05) is 19.9 Å². The second-order valence-corrected chi connectivity index (χ2v) is 5.57. The molecule has 0 radical (unpaired) electrons. The smallest absolute Gasteiger partial charge is 0.324 e. The molecule has 0 saturated carbocycles. The van der Waals surface area contributed by atoms with Gasteiger partial charge in [-0.15, -0.1) is 6.58 Å². The van der Waals surface area contributed by atoms with Crippen LogP contribution < -0.4 is 5.32 Å². The van der Waals surface area contributed by atoms with E-state index in [-0.39, 0.29) is 10.4 Å². The molecule has 0 aliphatic carbocycles. The first kappa shape index (κ1) is 17.8. The first-order chi connectivity index (χ1) is 9.70. The van der Waals surface area contributed by atoms with Crippen LogP contribution in [0.3, 0.4) is 0 Å². The number of rotatable bonds is 5. The van der Waals surface area contributed by atoms with Crippen LogP contribution >= 0.6 is 15.9 Å². The molecule has 1 amide bonds. The maximum Gasteiger partial charge on any atom is 0.416 e. The lowest BCUT2D eigenvalue weighted by atomic mass is 9.81. The molecule has 0 aliphatic heterocycles. The van der Waals surface area contributed by atoms with Crippen LogP contribution in [0.1, 0.15) is 32.3 Å². The normalized spacial score (nSPS) is 12.1. The van der Waals surface area contributed by atoms with E-state index in [4.69, 9.17) is 0 Å². The summed E-state index contributed by atoms with van der Waals surface area (Å²) in [4.78, 5) is 12.3. The first-order valence-electron chi connectivity index (χ1n) is 6.52. The molecule has 0 spiro atoms. The van der Waals surface area contributed by atoms with Gasteiger partial charge in [-0.3, -0.25) is 4.79 Å². The SMILES string of the molecule is C=CC(CC)(CC)C(=O)Nc1ccc(C(F)(F)F)cc1Br. The van der Waals surface area contributed by atoms with E-state index in [0.29, 0.717) is 18.5 Å². The third-order valence-corrected chi connectivity index (χ3v) is 4.31. The van der Waals surface area contributed by atoms with Crippen molar-refractivity contribution in [3.63, 3.8) is 0 Å². The van der Waals surface area contributed by atoms with Crippen molar-refractivity contribution in [3.8, 4) is 0 Å². The predicted molar refractivity (Wildman–Crippen MR) is 81.0 cm³/mol. The van der Waals surface area contributed by atoms with Crippen molar-refractivity contribution < 1.29 is 18.0 Å². The van der Waals surface area contributed by atoms with Crippen LogP contribution in [0.2, 0.25) is 0 Å². The topological polar surface area (TPSA) is 29.1 Å². The highest BCUT2D eigenvalue weighted by molar-refractivity contribution is 9.10. The number of hydrogen-bond donors (Lipinski definition) is 1. The van der Waals surface area contributed by atoms with Gasteiger partial charge in [0.15, 0.2) is 0 Å². The molecular weight excluding hydrogens is 347 g/mol. The van der Waals surface area contributed by atoms with Gasteiger partial charge in [0.2, 0.25) is 5.91 Å². The van der Waals surface area contributed by atoms with Crippen LogP contribution in [0.5, 0.6) is 0 Å². The Balaban J connectivity index is 3.04. The predicted octanol–water partition coefficient (Wildman–Crippen LogP) is 5.40. The summed E-state index contributed by atoms with van der Waals surface area (Å²) < 4.78 is 38.0. The van der Waals surface area contributed by atoms with Crippen molar-refractivity contribution in [2.45, 2.75) is 32.9 Å². The van der Waals surface area contributed by atoms with E-state index >= 15 is 0 Å². The van der Waals surface area contributed by atoms with E-state index in [9.17, 15) is 18.0 Å². The maximum atomic E-state index is 12.6. The fourth-order valence-corrected chi connectivity index (χ4v) is 2.47. The van der Waals surface area contributed by atoms with Gasteiger partial charge in [-0.05, 0) is 47.0 Å². The molecule has 21 heavy (non-hydrogen) atoms. The number of carbonyl (C=O) groups excluding carboxylic acids is 1. The number of hydrogen-bond acceptors (Lipinski definition) is 1. The van der Waals surface area contributed by atoms with Crippen molar-refractivity contribution in [2.24, 2.45) is 5.41 Å². The highest BCUT2D eigenvalue weighted by Crippen LogP contribution is 2.35. The van der Waals surface area contributed by atoms with E-state index in [1.165, 1.54) is 6.07 Å². The lowest BCUT2D eigenvalue weighted by Gasteiger charge is -2.26. The van der Waals surface area contributed by atoms with Crippen LogP contribution in [0.15, 0.2) is 35.3 Å². The number of carbonyl (C=O) groups is 1. The Kier molecular flexibility index (Phi) is 5.61. The molecule has 2 nitrogen and oxygen atoms in total. The monoisotopic (exact) mass is 363 g/mol. The Morgan fingerprint density at radius 1 is 1.33 bits per heavy atom. The average molecular weight is 364 g/mol. The molecule has 0 heterocycles. The second-order valence-electron chi connectivity index (χ2n) is 4.71. The van der Waals surface area contributed by atoms with Crippen molar-refractivity contribution in [2.75, 3.05) is 5.32 Å². The zero-order chi connectivity index (χ0) is 16.3.